The molecule has 0 N–H and O–H groups in total. The van der Waals surface area contributed by atoms with Gasteiger partial charge in [-0.25, -0.2) is 4.90 Å². The topological polar surface area (TPSA) is 55.8 Å². The average Bonchev–Trinajstić information content (AvgIpc) is 2.78. The lowest BCUT2D eigenvalue weighted by atomic mass is 9.85. The number of carbonyl (C=O) groups excluding carboxylic acids is 2. The van der Waals surface area contributed by atoms with Gasteiger partial charge in [0.15, 0.2) is 11.5 Å². The number of rotatable bonds is 3. The van der Waals surface area contributed by atoms with Crippen LogP contribution in [-0.4, -0.2) is 26.0 Å². The Morgan fingerprint density at radius 3 is 2.05 bits per heavy atom. The maximum absolute atomic E-state index is 12.5. The highest BCUT2D eigenvalue weighted by atomic mass is 16.5. The SMILES string of the molecule is COc1ccc(N2C(=O)[C@H]3CC=CC[C@@H]3C2=O)cc1OC. The van der Waals surface area contributed by atoms with Gasteiger partial charge >= 0.3 is 0 Å². The van der Waals surface area contributed by atoms with Crippen molar-refractivity contribution in [3.63, 3.8) is 0 Å². The molecule has 1 fully saturated rings. The Morgan fingerprint density at radius 2 is 1.52 bits per heavy atom. The first-order valence-electron chi connectivity index (χ1n) is 6.92. The number of nitrogens with zero attached hydrogens (tertiary/aromatic N) is 1. The second-order valence-electron chi connectivity index (χ2n) is 5.21. The Hall–Kier alpha value is -2.30. The van der Waals surface area contributed by atoms with Crippen LogP contribution in [0.4, 0.5) is 5.69 Å². The first-order valence-corrected chi connectivity index (χ1v) is 6.92. The normalized spacial score (nSPS) is 24.2. The fourth-order valence-electron chi connectivity index (χ4n) is 3.02. The summed E-state index contributed by atoms with van der Waals surface area (Å²) in [5.41, 5.74) is 0.539. The van der Waals surface area contributed by atoms with Gasteiger partial charge < -0.3 is 9.47 Å². The monoisotopic (exact) mass is 287 g/mol. The van der Waals surface area contributed by atoms with E-state index in [0.29, 0.717) is 30.0 Å². The summed E-state index contributed by atoms with van der Waals surface area (Å²) in [6.45, 7) is 0. The third-order valence-electron chi connectivity index (χ3n) is 4.13. The number of benzene rings is 1. The van der Waals surface area contributed by atoms with E-state index in [4.69, 9.17) is 9.47 Å². The number of hydrogen-bond acceptors (Lipinski definition) is 4. The van der Waals surface area contributed by atoms with Crippen LogP contribution >= 0.6 is 0 Å². The summed E-state index contributed by atoms with van der Waals surface area (Å²) in [6, 6.07) is 5.08. The van der Waals surface area contributed by atoms with Gasteiger partial charge in [-0.15, -0.1) is 0 Å². The van der Waals surface area contributed by atoms with E-state index in [0.717, 1.165) is 0 Å². The quantitative estimate of drug-likeness (QED) is 0.631. The van der Waals surface area contributed by atoms with E-state index in [2.05, 4.69) is 0 Å². The van der Waals surface area contributed by atoms with E-state index in [1.807, 2.05) is 12.2 Å². The molecular weight excluding hydrogens is 270 g/mol. The predicted molar refractivity (Wildman–Crippen MR) is 77.4 cm³/mol. The number of fused-ring (bicyclic) bond motifs is 1. The van der Waals surface area contributed by atoms with Crippen LogP contribution in [0.2, 0.25) is 0 Å². The Balaban J connectivity index is 1.97. The molecule has 1 heterocycles. The zero-order valence-corrected chi connectivity index (χ0v) is 12.0. The summed E-state index contributed by atoms with van der Waals surface area (Å²) >= 11 is 0. The van der Waals surface area contributed by atoms with Crippen LogP contribution in [0.25, 0.3) is 0 Å². The van der Waals surface area contributed by atoms with Gasteiger partial charge in [0.05, 0.1) is 31.7 Å². The fourth-order valence-corrected chi connectivity index (χ4v) is 3.02. The molecule has 0 aromatic heterocycles. The van der Waals surface area contributed by atoms with Gasteiger partial charge in [-0.05, 0) is 25.0 Å². The number of carbonyl (C=O) groups is 2. The smallest absolute Gasteiger partial charge is 0.238 e. The molecule has 1 aromatic carbocycles. The zero-order chi connectivity index (χ0) is 15.0. The van der Waals surface area contributed by atoms with Crippen LogP contribution in [-0.2, 0) is 9.59 Å². The van der Waals surface area contributed by atoms with E-state index < -0.39 is 0 Å². The van der Waals surface area contributed by atoms with Crippen molar-refractivity contribution in [2.45, 2.75) is 12.8 Å². The molecule has 1 aromatic rings. The molecule has 0 radical (unpaired) electrons. The fraction of sp³-hybridized carbons (Fsp3) is 0.375. The molecular formula is C16H17NO4. The van der Waals surface area contributed by atoms with Crippen LogP contribution in [0.3, 0.4) is 0 Å². The van der Waals surface area contributed by atoms with Crippen LogP contribution < -0.4 is 14.4 Å². The second-order valence-corrected chi connectivity index (χ2v) is 5.21. The number of allylic oxidation sites excluding steroid dienone is 2. The number of methoxy groups -OCH3 is 2. The van der Waals surface area contributed by atoms with Crippen molar-refractivity contribution in [1.82, 2.24) is 0 Å². The van der Waals surface area contributed by atoms with E-state index >= 15 is 0 Å². The molecule has 2 amide bonds. The van der Waals surface area contributed by atoms with Crippen molar-refractivity contribution in [2.75, 3.05) is 19.1 Å². The summed E-state index contributed by atoms with van der Waals surface area (Å²) in [5, 5.41) is 0. The van der Waals surface area contributed by atoms with Crippen LogP contribution in [0.1, 0.15) is 12.8 Å². The van der Waals surface area contributed by atoms with Crippen LogP contribution in [0.15, 0.2) is 30.4 Å². The van der Waals surface area contributed by atoms with Gasteiger partial charge in [-0.2, -0.15) is 0 Å². The summed E-state index contributed by atoms with van der Waals surface area (Å²) < 4.78 is 10.4. The summed E-state index contributed by atoms with van der Waals surface area (Å²) in [7, 11) is 3.07. The van der Waals surface area contributed by atoms with Gasteiger partial charge in [0.1, 0.15) is 0 Å². The number of amides is 2. The van der Waals surface area contributed by atoms with E-state index in [9.17, 15) is 9.59 Å². The standard InChI is InChI=1S/C16H17NO4/c1-20-13-8-7-10(9-14(13)21-2)17-15(18)11-5-3-4-6-12(11)16(17)19/h3-4,7-9,11-12H,5-6H2,1-2H3/t11-,12-/m0/s1. The number of ether oxygens (including phenoxy) is 2. The molecule has 0 unspecified atom stereocenters. The minimum absolute atomic E-state index is 0.124. The highest BCUT2D eigenvalue weighted by Gasteiger charge is 2.47. The molecule has 110 valence electrons. The van der Waals surface area contributed by atoms with Crippen molar-refractivity contribution < 1.29 is 19.1 Å². The zero-order valence-electron chi connectivity index (χ0n) is 12.0. The Labute approximate surface area is 123 Å². The minimum Gasteiger partial charge on any atom is -0.493 e. The van der Waals surface area contributed by atoms with Crippen molar-refractivity contribution >= 4 is 17.5 Å². The molecule has 3 rings (SSSR count). The first kappa shape index (κ1) is 13.7. The lowest BCUT2D eigenvalue weighted by molar-refractivity contribution is -0.122. The molecule has 1 saturated heterocycles. The van der Waals surface area contributed by atoms with Gasteiger partial charge in [0, 0.05) is 6.07 Å². The Morgan fingerprint density at radius 1 is 0.952 bits per heavy atom. The van der Waals surface area contributed by atoms with Gasteiger partial charge in [-0.1, -0.05) is 12.2 Å². The molecule has 2 aliphatic rings. The third-order valence-corrected chi connectivity index (χ3v) is 4.13. The molecule has 21 heavy (non-hydrogen) atoms. The van der Waals surface area contributed by atoms with Gasteiger partial charge in [-0.3, -0.25) is 9.59 Å². The number of anilines is 1. The Bertz CT molecular complexity index is 597. The highest BCUT2D eigenvalue weighted by Crippen LogP contribution is 2.40. The summed E-state index contributed by atoms with van der Waals surface area (Å²) in [5.74, 6) is 0.373. The van der Waals surface area contributed by atoms with E-state index in [1.165, 1.54) is 12.0 Å². The molecule has 1 aliphatic carbocycles. The Kier molecular flexibility index (Phi) is 3.41. The van der Waals surface area contributed by atoms with Crippen molar-refractivity contribution in [3.05, 3.63) is 30.4 Å². The van der Waals surface area contributed by atoms with Gasteiger partial charge in [0.25, 0.3) is 0 Å². The van der Waals surface area contributed by atoms with Crippen molar-refractivity contribution in [3.8, 4) is 11.5 Å². The largest absolute Gasteiger partial charge is 0.493 e. The molecule has 5 heteroatoms. The molecule has 0 saturated carbocycles. The van der Waals surface area contributed by atoms with Gasteiger partial charge in [0.2, 0.25) is 11.8 Å². The van der Waals surface area contributed by atoms with Crippen molar-refractivity contribution in [2.24, 2.45) is 11.8 Å². The van der Waals surface area contributed by atoms with E-state index in [-0.39, 0.29) is 23.7 Å². The summed E-state index contributed by atoms with van der Waals surface area (Å²) in [4.78, 5) is 26.3. The molecule has 1 aliphatic heterocycles. The van der Waals surface area contributed by atoms with Crippen molar-refractivity contribution in [1.29, 1.82) is 0 Å². The van der Waals surface area contributed by atoms with E-state index in [1.54, 1.807) is 25.3 Å². The molecule has 5 nitrogen and oxygen atoms in total. The molecule has 2 atom stereocenters. The molecule has 0 spiro atoms. The number of hydrogen-bond donors (Lipinski definition) is 0. The highest BCUT2D eigenvalue weighted by molar-refractivity contribution is 6.22. The summed E-state index contributed by atoms with van der Waals surface area (Å²) in [6.07, 6.45) is 5.23. The second kappa shape index (κ2) is 5.24. The maximum Gasteiger partial charge on any atom is 0.238 e. The number of imide groups is 1. The lowest BCUT2D eigenvalue weighted by Gasteiger charge is -2.17. The first-order chi connectivity index (χ1) is 10.2. The maximum atomic E-state index is 12.5. The average molecular weight is 287 g/mol. The molecule has 0 bridgehead atoms. The van der Waals surface area contributed by atoms with Crippen LogP contribution in [0.5, 0.6) is 11.5 Å². The predicted octanol–water partition coefficient (Wildman–Crippen LogP) is 2.16. The third kappa shape index (κ3) is 2.09. The minimum atomic E-state index is -0.226. The lowest BCUT2D eigenvalue weighted by Crippen LogP contribution is -2.30. The van der Waals surface area contributed by atoms with Crippen LogP contribution in [0, 0.1) is 11.8 Å².